The number of hydrogen-bond donors (Lipinski definition) is 1. The summed E-state index contributed by atoms with van der Waals surface area (Å²) in [7, 11) is 1.24. The number of thioether (sulfide) groups is 1. The van der Waals surface area contributed by atoms with Crippen LogP contribution in [0.25, 0.3) is 11.1 Å². The van der Waals surface area contributed by atoms with Crippen LogP contribution in [0.3, 0.4) is 0 Å². The van der Waals surface area contributed by atoms with Crippen molar-refractivity contribution in [2.24, 2.45) is 5.73 Å². The van der Waals surface area contributed by atoms with Crippen molar-refractivity contribution in [3.05, 3.63) is 53.6 Å². The van der Waals surface area contributed by atoms with Gasteiger partial charge in [-0.15, -0.1) is 0 Å². The number of nitrogens with two attached hydrogens (primary N) is 1. The Balaban J connectivity index is 0.00000142. The molecule has 2 aromatic rings. The van der Waals surface area contributed by atoms with Gasteiger partial charge in [0.05, 0.1) is 13.5 Å². The first-order chi connectivity index (χ1) is 16.2. The molecule has 2 aromatic carbocycles. The SMILES string of the molecule is CC(N)=O.COC(=O)CCSC(=O)Oc1ccc(-c2ccc(F)cc2F)cc1C(=O)OC(C)(C)C. The Morgan fingerprint density at radius 1 is 1.03 bits per heavy atom. The predicted molar refractivity (Wildman–Crippen MR) is 127 cm³/mol. The Morgan fingerprint density at radius 3 is 2.20 bits per heavy atom. The number of benzene rings is 2. The van der Waals surface area contributed by atoms with Crippen LogP contribution >= 0.6 is 11.8 Å². The normalized spacial score (nSPS) is 10.5. The zero-order valence-corrected chi connectivity index (χ0v) is 20.8. The van der Waals surface area contributed by atoms with E-state index >= 15 is 0 Å². The molecule has 0 saturated carbocycles. The average Bonchev–Trinajstić information content (AvgIpc) is 2.72. The third-order valence-electron chi connectivity index (χ3n) is 3.79. The molecule has 0 radical (unpaired) electrons. The molecule has 1 amide bonds. The molecule has 2 rings (SSSR count). The van der Waals surface area contributed by atoms with Crippen molar-refractivity contribution >= 4 is 34.9 Å². The van der Waals surface area contributed by atoms with E-state index in [1.165, 1.54) is 38.3 Å². The summed E-state index contributed by atoms with van der Waals surface area (Å²) in [6.45, 7) is 6.31. The highest BCUT2D eigenvalue weighted by molar-refractivity contribution is 8.13. The van der Waals surface area contributed by atoms with E-state index in [2.05, 4.69) is 10.5 Å². The molecular formula is C24H27F2NO7S. The highest BCUT2D eigenvalue weighted by Gasteiger charge is 2.24. The number of primary amides is 1. The Bertz CT molecular complexity index is 1080. The van der Waals surface area contributed by atoms with Gasteiger partial charge < -0.3 is 19.9 Å². The van der Waals surface area contributed by atoms with Crippen molar-refractivity contribution in [3.63, 3.8) is 0 Å². The molecule has 0 aliphatic heterocycles. The molecule has 35 heavy (non-hydrogen) atoms. The molecular weight excluding hydrogens is 484 g/mol. The Kier molecular flexibility index (Phi) is 11.3. The minimum absolute atomic E-state index is 0.0119. The number of amides is 1. The van der Waals surface area contributed by atoms with Gasteiger partial charge in [0.1, 0.15) is 28.5 Å². The summed E-state index contributed by atoms with van der Waals surface area (Å²) in [5.74, 6) is -3.08. The molecule has 11 heteroatoms. The van der Waals surface area contributed by atoms with Gasteiger partial charge in [-0.2, -0.15) is 0 Å². The quantitative estimate of drug-likeness (QED) is 0.545. The monoisotopic (exact) mass is 511 g/mol. The predicted octanol–water partition coefficient (Wildman–Crippen LogP) is 4.87. The van der Waals surface area contributed by atoms with Crippen LogP contribution < -0.4 is 10.5 Å². The molecule has 0 bridgehead atoms. The van der Waals surface area contributed by atoms with Crippen molar-refractivity contribution in [3.8, 4) is 16.9 Å². The summed E-state index contributed by atoms with van der Waals surface area (Å²) in [5, 5.41) is -0.741. The van der Waals surface area contributed by atoms with E-state index in [9.17, 15) is 28.0 Å². The number of hydrogen-bond acceptors (Lipinski definition) is 8. The lowest BCUT2D eigenvalue weighted by molar-refractivity contribution is -0.140. The minimum atomic E-state index is -0.829. The second kappa shape index (κ2) is 13.4. The highest BCUT2D eigenvalue weighted by atomic mass is 32.2. The first-order valence-corrected chi connectivity index (χ1v) is 11.2. The highest BCUT2D eigenvalue weighted by Crippen LogP contribution is 2.31. The zero-order chi connectivity index (χ0) is 26.8. The number of carbonyl (C=O) groups is 4. The van der Waals surface area contributed by atoms with Gasteiger partial charge in [-0.1, -0.05) is 6.07 Å². The summed E-state index contributed by atoms with van der Waals surface area (Å²) in [6.07, 6.45) is 0.0119. The topological polar surface area (TPSA) is 122 Å². The van der Waals surface area contributed by atoms with E-state index in [-0.39, 0.29) is 40.5 Å². The number of methoxy groups -OCH3 is 1. The van der Waals surface area contributed by atoms with Crippen LogP contribution in [0.1, 0.15) is 44.5 Å². The fraction of sp³-hybridized carbons (Fsp3) is 0.333. The number of ether oxygens (including phenoxy) is 3. The van der Waals surface area contributed by atoms with Gasteiger partial charge in [0, 0.05) is 24.3 Å². The molecule has 0 unspecified atom stereocenters. The van der Waals surface area contributed by atoms with Gasteiger partial charge in [0.25, 0.3) is 0 Å². The molecule has 0 aliphatic rings. The molecule has 0 aliphatic carbocycles. The van der Waals surface area contributed by atoms with Crippen molar-refractivity contribution in [1.29, 1.82) is 0 Å². The summed E-state index contributed by atoms with van der Waals surface area (Å²) >= 11 is 0.737. The Morgan fingerprint density at radius 2 is 1.66 bits per heavy atom. The van der Waals surface area contributed by atoms with Crippen LogP contribution in [0.5, 0.6) is 5.75 Å². The smallest absolute Gasteiger partial charge is 0.372 e. The third kappa shape index (κ3) is 11.0. The molecule has 0 saturated heterocycles. The van der Waals surface area contributed by atoms with E-state index in [0.717, 1.165) is 23.9 Å². The van der Waals surface area contributed by atoms with Gasteiger partial charge in [0.2, 0.25) is 5.91 Å². The molecule has 0 fully saturated rings. The van der Waals surface area contributed by atoms with E-state index in [0.29, 0.717) is 0 Å². The lowest BCUT2D eigenvalue weighted by Crippen LogP contribution is -2.24. The van der Waals surface area contributed by atoms with Gasteiger partial charge in [-0.3, -0.25) is 9.59 Å². The van der Waals surface area contributed by atoms with Gasteiger partial charge in [-0.25, -0.2) is 18.4 Å². The lowest BCUT2D eigenvalue weighted by Gasteiger charge is -2.20. The van der Waals surface area contributed by atoms with Crippen LogP contribution in [0.15, 0.2) is 36.4 Å². The van der Waals surface area contributed by atoms with Crippen molar-refractivity contribution < 1.29 is 42.2 Å². The maximum Gasteiger partial charge on any atom is 0.372 e. The molecule has 0 spiro atoms. The van der Waals surface area contributed by atoms with Crippen LogP contribution in [0.2, 0.25) is 0 Å². The lowest BCUT2D eigenvalue weighted by atomic mass is 10.0. The maximum absolute atomic E-state index is 14.2. The second-order valence-electron chi connectivity index (χ2n) is 7.97. The van der Waals surface area contributed by atoms with Gasteiger partial charge in [0.15, 0.2) is 0 Å². The molecule has 190 valence electrons. The van der Waals surface area contributed by atoms with Gasteiger partial charge >= 0.3 is 17.2 Å². The standard InChI is InChI=1S/C22H22F2O6S.C2H5NO/c1-22(2,3)30-20(26)16-11-13(15-7-6-14(23)12-17(15)24)5-8-18(16)29-21(27)31-10-9-19(25)28-4;1-2(3)4/h5-8,11-12H,9-10H2,1-4H3;1H3,(H2,3,4). The Hall–Kier alpha value is -3.47. The summed E-state index contributed by atoms with van der Waals surface area (Å²) in [4.78, 5) is 45.2. The number of halogens is 2. The molecule has 2 N–H and O–H groups in total. The van der Waals surface area contributed by atoms with Gasteiger partial charge in [-0.05, 0) is 62.4 Å². The minimum Gasteiger partial charge on any atom is -0.469 e. The average molecular weight is 512 g/mol. The van der Waals surface area contributed by atoms with E-state index in [1.54, 1.807) is 20.8 Å². The zero-order valence-electron chi connectivity index (χ0n) is 20.0. The molecule has 8 nitrogen and oxygen atoms in total. The van der Waals surface area contributed by atoms with Crippen molar-refractivity contribution in [1.82, 2.24) is 0 Å². The number of esters is 2. The summed E-state index contributed by atoms with van der Waals surface area (Å²) in [6, 6.07) is 7.15. The van der Waals surface area contributed by atoms with Crippen LogP contribution in [-0.4, -0.2) is 41.6 Å². The Labute approximate surface area is 206 Å². The first kappa shape index (κ1) is 29.6. The second-order valence-corrected chi connectivity index (χ2v) is 9.00. The van der Waals surface area contributed by atoms with E-state index in [1.807, 2.05) is 0 Å². The maximum atomic E-state index is 14.2. The fourth-order valence-electron chi connectivity index (χ4n) is 2.44. The summed E-state index contributed by atoms with van der Waals surface area (Å²) in [5.41, 5.74) is 3.89. The molecule has 0 atom stereocenters. The van der Waals surface area contributed by atoms with E-state index < -0.39 is 34.5 Å². The summed E-state index contributed by atoms with van der Waals surface area (Å²) < 4.78 is 42.6. The first-order valence-electron chi connectivity index (χ1n) is 10.2. The van der Waals surface area contributed by atoms with Crippen molar-refractivity contribution in [2.75, 3.05) is 12.9 Å². The van der Waals surface area contributed by atoms with Crippen LogP contribution in [0, 0.1) is 11.6 Å². The van der Waals surface area contributed by atoms with Crippen LogP contribution in [0.4, 0.5) is 13.6 Å². The number of carbonyl (C=O) groups excluding carboxylic acids is 4. The molecule has 0 heterocycles. The largest absolute Gasteiger partial charge is 0.469 e. The molecule has 0 aromatic heterocycles. The van der Waals surface area contributed by atoms with Crippen molar-refractivity contribution in [2.45, 2.75) is 39.7 Å². The number of rotatable bonds is 6. The third-order valence-corrected chi connectivity index (χ3v) is 4.51. The fourth-order valence-corrected chi connectivity index (χ4v) is 3.03. The van der Waals surface area contributed by atoms with E-state index in [4.69, 9.17) is 9.47 Å². The van der Waals surface area contributed by atoms with Crippen LogP contribution in [-0.2, 0) is 19.1 Å².